The summed E-state index contributed by atoms with van der Waals surface area (Å²) in [5.74, 6) is -2.31. The smallest absolute Gasteiger partial charge is 0.308 e. The molecule has 0 radical (unpaired) electrons. The number of pyridine rings is 1. The Balaban J connectivity index is 1.41. The number of carbonyl (C=O) groups is 1. The maximum Gasteiger partial charge on any atom is 0.308 e. The van der Waals surface area contributed by atoms with Gasteiger partial charge in [0.1, 0.15) is 17.5 Å². The monoisotopic (exact) mass is 629 g/mol. The highest BCUT2D eigenvalue weighted by Crippen LogP contribution is 2.46. The number of aryl methyl sites for hydroxylation is 1. The third-order valence-electron chi connectivity index (χ3n) is 9.09. The minimum Gasteiger partial charge on any atom is -0.481 e. The number of anilines is 1. The van der Waals surface area contributed by atoms with E-state index in [2.05, 4.69) is 15.3 Å². The molecule has 2 bridgehead atoms. The number of fused-ring (bicyclic) bond motifs is 4. The van der Waals surface area contributed by atoms with E-state index in [1.807, 2.05) is 6.92 Å². The standard InChI is InChI=1S/C33H29F2N5O4S/c1-18-6-12-22(13-7-18)45(43,44)40-17-25(24-14-21(34)16-36-32(24)40)31-37-27(23-4-2-3-5-26(23)35)15-28(39-31)38-30-20-10-8-19(9-11-20)29(30)33(41)42/h2-7,12-17,19-20,29-30H,8-11H2,1H3,(H,41,42)(H,37,38,39). The molecule has 3 aromatic heterocycles. The summed E-state index contributed by atoms with van der Waals surface area (Å²) >= 11 is 0. The topological polar surface area (TPSA) is 127 Å². The molecule has 3 heterocycles. The Kier molecular flexibility index (Phi) is 7.11. The van der Waals surface area contributed by atoms with Crippen LogP contribution in [-0.4, -0.2) is 44.5 Å². The van der Waals surface area contributed by atoms with Crippen LogP contribution >= 0.6 is 0 Å². The number of aromatic nitrogens is 4. The normalized spacial score (nSPS) is 21.2. The number of halogens is 2. The van der Waals surface area contributed by atoms with E-state index in [-0.39, 0.29) is 56.2 Å². The van der Waals surface area contributed by atoms with Crippen LogP contribution in [0.2, 0.25) is 0 Å². The fourth-order valence-corrected chi connectivity index (χ4v) is 8.20. The van der Waals surface area contributed by atoms with Gasteiger partial charge in [0.2, 0.25) is 0 Å². The molecular formula is C33H29F2N5O4S. The molecule has 3 aliphatic rings. The lowest BCUT2D eigenvalue weighted by Crippen LogP contribution is -2.51. The maximum absolute atomic E-state index is 15.1. The summed E-state index contributed by atoms with van der Waals surface area (Å²) in [6.07, 6.45) is 5.70. The maximum atomic E-state index is 15.1. The lowest BCUT2D eigenvalue weighted by atomic mass is 9.61. The fraction of sp³-hybridized carbons (Fsp3) is 0.273. The molecule has 0 saturated heterocycles. The first kappa shape index (κ1) is 29.0. The van der Waals surface area contributed by atoms with Crippen LogP contribution in [0, 0.1) is 36.3 Å². The molecule has 2 N–H and O–H groups in total. The van der Waals surface area contributed by atoms with Crippen LogP contribution in [0.4, 0.5) is 14.6 Å². The molecule has 3 fully saturated rings. The molecule has 2 atom stereocenters. The number of benzene rings is 2. The first-order chi connectivity index (χ1) is 21.6. The van der Waals surface area contributed by atoms with Crippen molar-refractivity contribution in [3.63, 3.8) is 0 Å². The average Bonchev–Trinajstić information content (AvgIpc) is 3.41. The second-order valence-electron chi connectivity index (χ2n) is 11.8. The van der Waals surface area contributed by atoms with Gasteiger partial charge in [-0.2, -0.15) is 0 Å². The van der Waals surface area contributed by atoms with Crippen molar-refractivity contribution in [2.75, 3.05) is 5.32 Å². The molecule has 230 valence electrons. The average molecular weight is 630 g/mol. The molecule has 0 spiro atoms. The Hall–Kier alpha value is -4.71. The van der Waals surface area contributed by atoms with E-state index in [4.69, 9.17) is 4.98 Å². The highest BCUT2D eigenvalue weighted by Gasteiger charge is 2.47. The highest BCUT2D eigenvalue weighted by molar-refractivity contribution is 7.90. The number of hydrogen-bond donors (Lipinski definition) is 2. The molecule has 3 saturated carbocycles. The van der Waals surface area contributed by atoms with Crippen molar-refractivity contribution in [1.29, 1.82) is 0 Å². The zero-order valence-electron chi connectivity index (χ0n) is 24.2. The summed E-state index contributed by atoms with van der Waals surface area (Å²) in [6.45, 7) is 1.84. The zero-order chi connectivity index (χ0) is 31.5. The second-order valence-corrected chi connectivity index (χ2v) is 13.6. The third-order valence-corrected chi connectivity index (χ3v) is 10.8. The summed E-state index contributed by atoms with van der Waals surface area (Å²) in [5, 5.41) is 13.6. The van der Waals surface area contributed by atoms with Gasteiger partial charge in [-0.15, -0.1) is 0 Å². The number of rotatable bonds is 7. The predicted molar refractivity (Wildman–Crippen MR) is 164 cm³/mol. The number of nitrogens with zero attached hydrogens (tertiary/aromatic N) is 4. The van der Waals surface area contributed by atoms with Crippen LogP contribution in [0.15, 0.2) is 78.0 Å². The van der Waals surface area contributed by atoms with Gasteiger partial charge in [0.15, 0.2) is 11.5 Å². The van der Waals surface area contributed by atoms with Gasteiger partial charge in [0.05, 0.1) is 22.7 Å². The van der Waals surface area contributed by atoms with E-state index < -0.39 is 39.6 Å². The van der Waals surface area contributed by atoms with Gasteiger partial charge in [-0.05, 0) is 74.8 Å². The number of hydrogen-bond acceptors (Lipinski definition) is 7. The molecule has 0 amide bonds. The van der Waals surface area contributed by atoms with Crippen molar-refractivity contribution in [3.8, 4) is 22.6 Å². The summed E-state index contributed by atoms with van der Waals surface area (Å²) in [7, 11) is -4.17. The van der Waals surface area contributed by atoms with Crippen LogP contribution in [0.25, 0.3) is 33.7 Å². The highest BCUT2D eigenvalue weighted by atomic mass is 32.2. The first-order valence-electron chi connectivity index (χ1n) is 14.7. The summed E-state index contributed by atoms with van der Waals surface area (Å²) in [5.41, 5.74) is 1.37. The van der Waals surface area contributed by atoms with Gasteiger partial charge < -0.3 is 10.4 Å². The Bertz CT molecular complexity index is 2060. The van der Waals surface area contributed by atoms with Crippen molar-refractivity contribution in [2.24, 2.45) is 17.8 Å². The van der Waals surface area contributed by atoms with E-state index in [1.54, 1.807) is 36.4 Å². The largest absolute Gasteiger partial charge is 0.481 e. The molecular weight excluding hydrogens is 600 g/mol. The Morgan fingerprint density at radius 2 is 1.67 bits per heavy atom. The van der Waals surface area contributed by atoms with E-state index in [9.17, 15) is 22.7 Å². The number of carboxylic acids is 1. The minimum absolute atomic E-state index is 0.00125. The lowest BCUT2D eigenvalue weighted by Gasteiger charge is -2.47. The number of nitrogens with one attached hydrogen (secondary N) is 1. The van der Waals surface area contributed by atoms with Gasteiger partial charge in [0.25, 0.3) is 10.0 Å². The van der Waals surface area contributed by atoms with Crippen molar-refractivity contribution in [2.45, 2.75) is 43.5 Å². The quantitative estimate of drug-likeness (QED) is 0.215. The van der Waals surface area contributed by atoms with E-state index >= 15 is 4.39 Å². The predicted octanol–water partition coefficient (Wildman–Crippen LogP) is 6.29. The molecule has 0 aliphatic heterocycles. The van der Waals surface area contributed by atoms with E-state index in [1.165, 1.54) is 24.4 Å². The van der Waals surface area contributed by atoms with Crippen LogP contribution in [0.3, 0.4) is 0 Å². The summed E-state index contributed by atoms with van der Waals surface area (Å²) in [4.78, 5) is 25.8. The molecule has 3 aliphatic carbocycles. The van der Waals surface area contributed by atoms with Crippen molar-refractivity contribution in [1.82, 2.24) is 18.9 Å². The van der Waals surface area contributed by atoms with Crippen LogP contribution in [-0.2, 0) is 14.8 Å². The molecule has 9 nitrogen and oxygen atoms in total. The molecule has 2 unspecified atom stereocenters. The second kappa shape index (κ2) is 11.0. The summed E-state index contributed by atoms with van der Waals surface area (Å²) < 4.78 is 58.2. The summed E-state index contributed by atoms with van der Waals surface area (Å²) in [6, 6.07) is 14.7. The molecule has 2 aromatic carbocycles. The Morgan fingerprint density at radius 1 is 0.956 bits per heavy atom. The zero-order valence-corrected chi connectivity index (χ0v) is 25.0. The van der Waals surface area contributed by atoms with Crippen LogP contribution in [0.1, 0.15) is 31.2 Å². The number of aliphatic carboxylic acids is 1. The molecule has 8 rings (SSSR count). The third kappa shape index (κ3) is 5.12. The molecule has 5 aromatic rings. The van der Waals surface area contributed by atoms with E-state index in [0.717, 1.165) is 47.5 Å². The fourth-order valence-electron chi connectivity index (χ4n) is 6.87. The van der Waals surface area contributed by atoms with Gasteiger partial charge >= 0.3 is 5.97 Å². The Labute approximate surface area is 258 Å². The van der Waals surface area contributed by atoms with E-state index in [0.29, 0.717) is 0 Å². The molecule has 45 heavy (non-hydrogen) atoms. The molecule has 12 heteroatoms. The van der Waals surface area contributed by atoms with Crippen LogP contribution < -0.4 is 5.32 Å². The minimum atomic E-state index is -4.17. The Morgan fingerprint density at radius 3 is 2.38 bits per heavy atom. The van der Waals surface area contributed by atoms with Crippen molar-refractivity contribution < 1.29 is 27.1 Å². The number of carboxylic acid groups (broad SMARTS) is 1. The SMILES string of the molecule is Cc1ccc(S(=O)(=O)n2cc(-c3nc(NC4C5CCC(CC5)C4C(=O)O)cc(-c4ccccc4F)n3)c3cc(F)cnc32)cc1. The van der Waals surface area contributed by atoms with Gasteiger partial charge in [0, 0.05) is 34.8 Å². The van der Waals surface area contributed by atoms with Gasteiger partial charge in [-0.25, -0.2) is 36.1 Å². The van der Waals surface area contributed by atoms with Crippen molar-refractivity contribution >= 4 is 32.8 Å². The van der Waals surface area contributed by atoms with Gasteiger partial charge in [-0.3, -0.25) is 4.79 Å². The van der Waals surface area contributed by atoms with Crippen LogP contribution in [0.5, 0.6) is 0 Å². The van der Waals surface area contributed by atoms with Crippen molar-refractivity contribution in [3.05, 3.63) is 90.3 Å². The first-order valence-corrected chi connectivity index (χ1v) is 16.2. The lowest BCUT2D eigenvalue weighted by molar-refractivity contribution is -0.148. The van der Waals surface area contributed by atoms with Gasteiger partial charge in [-0.1, -0.05) is 29.8 Å².